The van der Waals surface area contributed by atoms with Gasteiger partial charge >= 0.3 is 0 Å². The number of ether oxygens (including phenoxy) is 2. The first-order valence-electron chi connectivity index (χ1n) is 9.68. The number of nitrogens with zero attached hydrogens (tertiary/aromatic N) is 2. The van der Waals surface area contributed by atoms with Gasteiger partial charge in [-0.25, -0.2) is 0 Å². The molecule has 3 aromatic rings. The highest BCUT2D eigenvalue weighted by Crippen LogP contribution is 2.43. The Kier molecular flexibility index (Phi) is 5.33. The van der Waals surface area contributed by atoms with Crippen LogP contribution in [0.25, 0.3) is 0 Å². The van der Waals surface area contributed by atoms with E-state index in [-0.39, 0.29) is 18.4 Å². The normalized spacial score (nSPS) is 14.9. The quantitative estimate of drug-likeness (QED) is 0.587. The number of hydrogen-bond acceptors (Lipinski definition) is 6. The van der Waals surface area contributed by atoms with Crippen LogP contribution in [0.15, 0.2) is 60.0 Å². The average molecular weight is 415 g/mol. The summed E-state index contributed by atoms with van der Waals surface area (Å²) in [6.45, 7) is 3.66. The number of allylic oxidation sites excluding steroid dienone is 1. The molecule has 1 amide bonds. The molecule has 0 fully saturated rings. The fraction of sp³-hybridized carbons (Fsp3) is 0.174. The minimum absolute atomic E-state index is 0.0235. The molecule has 8 nitrogen and oxygen atoms in total. The lowest BCUT2D eigenvalue weighted by Crippen LogP contribution is -2.21. The number of amides is 1. The van der Waals surface area contributed by atoms with Crippen molar-refractivity contribution in [3.05, 3.63) is 82.4 Å². The van der Waals surface area contributed by atoms with E-state index in [1.54, 1.807) is 18.2 Å². The van der Waals surface area contributed by atoms with E-state index in [1.807, 2.05) is 44.2 Å². The van der Waals surface area contributed by atoms with Crippen molar-refractivity contribution in [2.45, 2.75) is 19.8 Å². The Hall–Kier alpha value is -4.25. The van der Waals surface area contributed by atoms with E-state index >= 15 is 0 Å². The van der Waals surface area contributed by atoms with Crippen LogP contribution in [0.3, 0.4) is 0 Å². The van der Waals surface area contributed by atoms with Gasteiger partial charge in [-0.2, -0.15) is 5.26 Å². The summed E-state index contributed by atoms with van der Waals surface area (Å²) in [7, 11) is 0. The number of fused-ring (bicyclic) bond motifs is 1. The number of carbonyl (C=O) groups is 1. The summed E-state index contributed by atoms with van der Waals surface area (Å²) < 4.78 is 11.2. The molecule has 1 unspecified atom stereocenters. The summed E-state index contributed by atoms with van der Waals surface area (Å²) in [6, 6.07) is 16.9. The van der Waals surface area contributed by atoms with Gasteiger partial charge in [0.25, 0.3) is 5.91 Å². The third kappa shape index (κ3) is 4.07. The second-order valence-corrected chi connectivity index (χ2v) is 7.27. The summed E-state index contributed by atoms with van der Waals surface area (Å²) in [6.07, 6.45) is 0. The Morgan fingerprint density at radius 2 is 2.10 bits per heavy atom. The lowest BCUT2D eigenvalue weighted by atomic mass is 9.84. The fourth-order valence-corrected chi connectivity index (χ4v) is 3.58. The summed E-state index contributed by atoms with van der Waals surface area (Å²) in [5, 5.41) is 19.5. The monoisotopic (exact) mass is 415 g/mol. The maximum Gasteiger partial charge on any atom is 0.262 e. The molecular weight excluding hydrogens is 394 g/mol. The van der Waals surface area contributed by atoms with Crippen LogP contribution >= 0.6 is 0 Å². The van der Waals surface area contributed by atoms with Crippen molar-refractivity contribution in [1.29, 1.82) is 5.26 Å². The topological polar surface area (TPSA) is 126 Å². The largest absolute Gasteiger partial charge is 0.484 e. The lowest BCUT2D eigenvalue weighted by Gasteiger charge is -2.24. The molecule has 0 aliphatic carbocycles. The molecule has 0 saturated heterocycles. The molecule has 4 rings (SSSR count). The molecule has 0 bridgehead atoms. The van der Waals surface area contributed by atoms with Crippen LogP contribution in [0.2, 0.25) is 0 Å². The van der Waals surface area contributed by atoms with Gasteiger partial charge in [-0.1, -0.05) is 24.3 Å². The third-order valence-corrected chi connectivity index (χ3v) is 4.99. The molecule has 1 atom stereocenters. The predicted molar refractivity (Wildman–Crippen MR) is 114 cm³/mol. The highest BCUT2D eigenvalue weighted by atomic mass is 16.5. The Morgan fingerprint density at radius 3 is 2.87 bits per heavy atom. The molecule has 1 aliphatic heterocycles. The molecule has 0 spiro atoms. The minimum Gasteiger partial charge on any atom is -0.484 e. The number of aromatic amines is 1. The molecule has 2 heterocycles. The zero-order valence-corrected chi connectivity index (χ0v) is 17.1. The van der Waals surface area contributed by atoms with E-state index in [0.717, 1.165) is 22.4 Å². The fourth-order valence-electron chi connectivity index (χ4n) is 3.58. The van der Waals surface area contributed by atoms with Crippen LogP contribution in [0.1, 0.15) is 28.3 Å². The van der Waals surface area contributed by atoms with Crippen molar-refractivity contribution in [2.24, 2.45) is 5.73 Å². The summed E-state index contributed by atoms with van der Waals surface area (Å²) in [4.78, 5) is 12.3. The second-order valence-electron chi connectivity index (χ2n) is 7.27. The summed E-state index contributed by atoms with van der Waals surface area (Å²) in [5.74, 6) is 0.161. The van der Waals surface area contributed by atoms with Crippen molar-refractivity contribution in [2.75, 3.05) is 11.9 Å². The van der Waals surface area contributed by atoms with Crippen molar-refractivity contribution < 1.29 is 14.3 Å². The number of benzene rings is 2. The number of hydrogen-bond donors (Lipinski definition) is 3. The van der Waals surface area contributed by atoms with Crippen LogP contribution in [0.4, 0.5) is 5.69 Å². The number of nitrogens with one attached hydrogen (secondary N) is 2. The van der Waals surface area contributed by atoms with Gasteiger partial charge in [0.1, 0.15) is 17.4 Å². The zero-order chi connectivity index (χ0) is 22.0. The molecule has 156 valence electrons. The van der Waals surface area contributed by atoms with Crippen molar-refractivity contribution in [1.82, 2.24) is 10.2 Å². The number of aryl methyl sites for hydroxylation is 2. The highest BCUT2D eigenvalue weighted by molar-refractivity contribution is 5.91. The maximum atomic E-state index is 12.3. The van der Waals surface area contributed by atoms with E-state index in [4.69, 9.17) is 15.2 Å². The zero-order valence-electron chi connectivity index (χ0n) is 17.1. The van der Waals surface area contributed by atoms with Gasteiger partial charge in [-0.05, 0) is 49.2 Å². The predicted octanol–water partition coefficient (Wildman–Crippen LogP) is 3.26. The van der Waals surface area contributed by atoms with Crippen molar-refractivity contribution >= 4 is 11.6 Å². The first-order chi connectivity index (χ1) is 15.0. The highest BCUT2D eigenvalue weighted by Gasteiger charge is 2.34. The van der Waals surface area contributed by atoms with Gasteiger partial charge in [0.05, 0.1) is 5.92 Å². The van der Waals surface area contributed by atoms with Crippen LogP contribution in [0, 0.1) is 25.2 Å². The molecule has 31 heavy (non-hydrogen) atoms. The Labute approximate surface area is 179 Å². The molecule has 2 aromatic carbocycles. The van der Waals surface area contributed by atoms with Crippen molar-refractivity contribution in [3.8, 4) is 17.7 Å². The van der Waals surface area contributed by atoms with Gasteiger partial charge < -0.3 is 20.5 Å². The Balaban J connectivity index is 1.54. The van der Waals surface area contributed by atoms with E-state index in [0.29, 0.717) is 22.9 Å². The van der Waals surface area contributed by atoms with Gasteiger partial charge in [-0.15, -0.1) is 5.10 Å². The molecule has 0 saturated carbocycles. The van der Waals surface area contributed by atoms with Gasteiger partial charge in [-0.3, -0.25) is 9.89 Å². The number of nitriles is 1. The Morgan fingerprint density at radius 1 is 1.29 bits per heavy atom. The SMILES string of the molecule is Cc1cccc(NC(=O)COc2cccc(C3C(C#N)=C(N)Oc4n[nH]c(C)c43)c2)c1. The number of aromatic nitrogens is 2. The van der Waals surface area contributed by atoms with Crippen LogP contribution in [-0.2, 0) is 4.79 Å². The molecule has 1 aromatic heterocycles. The number of nitrogens with two attached hydrogens (primary N) is 1. The number of anilines is 1. The van der Waals surface area contributed by atoms with Gasteiger partial charge in [0, 0.05) is 16.9 Å². The molecule has 4 N–H and O–H groups in total. The van der Waals surface area contributed by atoms with Crippen LogP contribution in [0.5, 0.6) is 11.6 Å². The smallest absolute Gasteiger partial charge is 0.262 e. The van der Waals surface area contributed by atoms with Crippen LogP contribution < -0.4 is 20.5 Å². The first kappa shape index (κ1) is 20.0. The van der Waals surface area contributed by atoms with E-state index in [1.165, 1.54) is 0 Å². The summed E-state index contributed by atoms with van der Waals surface area (Å²) >= 11 is 0. The van der Waals surface area contributed by atoms with Gasteiger partial charge in [0.15, 0.2) is 6.61 Å². The third-order valence-electron chi connectivity index (χ3n) is 4.99. The van der Waals surface area contributed by atoms with Crippen LogP contribution in [-0.4, -0.2) is 22.7 Å². The standard InChI is InChI=1S/C23H21N5O3/c1-13-5-3-7-16(9-13)26-19(29)12-30-17-8-4-6-15(10-17)21-18(11-24)22(25)31-23-20(21)14(2)27-28-23/h3-10,21H,12,25H2,1-2H3,(H,26,29)(H,27,28). The average Bonchev–Trinajstić information content (AvgIpc) is 3.11. The van der Waals surface area contributed by atoms with E-state index in [9.17, 15) is 10.1 Å². The number of carbonyl (C=O) groups excluding carboxylic acids is 1. The molecular formula is C23H21N5O3. The molecule has 1 aliphatic rings. The number of H-pyrrole nitrogens is 1. The maximum absolute atomic E-state index is 12.3. The van der Waals surface area contributed by atoms with Crippen molar-refractivity contribution in [3.63, 3.8) is 0 Å². The minimum atomic E-state index is -0.447. The van der Waals surface area contributed by atoms with E-state index in [2.05, 4.69) is 21.6 Å². The Bertz CT molecular complexity index is 1220. The second kappa shape index (κ2) is 8.24. The number of rotatable bonds is 5. The van der Waals surface area contributed by atoms with E-state index < -0.39 is 5.92 Å². The molecule has 8 heteroatoms. The lowest BCUT2D eigenvalue weighted by molar-refractivity contribution is -0.118. The summed E-state index contributed by atoms with van der Waals surface area (Å²) in [5.41, 5.74) is 10.3. The first-order valence-corrected chi connectivity index (χ1v) is 9.68. The molecule has 0 radical (unpaired) electrons. The van der Waals surface area contributed by atoms with Gasteiger partial charge in [0.2, 0.25) is 11.8 Å².